The Balaban J connectivity index is 1.89. The number of ether oxygens (including phenoxy) is 1. The lowest BCUT2D eigenvalue weighted by Crippen LogP contribution is -2.58. The Hall–Kier alpha value is -0.460. The maximum Gasteiger partial charge on any atom is 0.191 e. The van der Waals surface area contributed by atoms with Gasteiger partial charge in [-0.15, -0.1) is 0 Å². The van der Waals surface area contributed by atoms with Crippen LogP contribution in [0.25, 0.3) is 0 Å². The molecule has 2 aliphatic rings. The third kappa shape index (κ3) is 5.26. The summed E-state index contributed by atoms with van der Waals surface area (Å²) in [5, 5.41) is 6.98. The van der Waals surface area contributed by atoms with Crippen molar-refractivity contribution in [2.75, 3.05) is 51.8 Å². The average Bonchev–Trinajstić information content (AvgIpc) is 3.06. The first kappa shape index (κ1) is 18.9. The monoisotopic (exact) mass is 342 g/mol. The molecule has 2 rings (SSSR count). The topological polar surface area (TPSA) is 48.9 Å². The van der Waals surface area contributed by atoms with Gasteiger partial charge < -0.3 is 15.4 Å². The van der Waals surface area contributed by atoms with E-state index in [-0.39, 0.29) is 5.60 Å². The lowest BCUT2D eigenvalue weighted by Gasteiger charge is -2.43. The molecule has 0 unspecified atom stereocenters. The molecule has 6 heteroatoms. The molecule has 1 saturated heterocycles. The van der Waals surface area contributed by atoms with Crippen LogP contribution in [0.3, 0.4) is 0 Å². The number of thioether (sulfide) groups is 1. The first-order valence-electron chi connectivity index (χ1n) is 8.84. The highest BCUT2D eigenvalue weighted by Gasteiger charge is 2.40. The van der Waals surface area contributed by atoms with Crippen molar-refractivity contribution in [3.8, 4) is 0 Å². The van der Waals surface area contributed by atoms with Crippen molar-refractivity contribution in [2.45, 2.75) is 50.7 Å². The number of nitrogens with one attached hydrogen (secondary N) is 2. The number of aliphatic imine (C=N–C) groups is 1. The molecule has 2 N–H and O–H groups in total. The lowest BCUT2D eigenvalue weighted by molar-refractivity contribution is 0.0267. The molecule has 0 amide bonds. The van der Waals surface area contributed by atoms with Crippen molar-refractivity contribution < 1.29 is 4.74 Å². The van der Waals surface area contributed by atoms with E-state index in [0.717, 1.165) is 19.0 Å². The van der Waals surface area contributed by atoms with E-state index in [1.807, 2.05) is 7.05 Å². The molecule has 0 bridgehead atoms. The summed E-state index contributed by atoms with van der Waals surface area (Å²) in [6.45, 7) is 8.36. The van der Waals surface area contributed by atoms with Gasteiger partial charge >= 0.3 is 0 Å². The van der Waals surface area contributed by atoms with E-state index in [2.05, 4.69) is 46.1 Å². The van der Waals surface area contributed by atoms with Gasteiger partial charge in [-0.3, -0.25) is 9.89 Å². The summed E-state index contributed by atoms with van der Waals surface area (Å²) in [6, 6.07) is 0. The van der Waals surface area contributed by atoms with Gasteiger partial charge in [-0.25, -0.2) is 0 Å². The number of nitrogens with zero attached hydrogens (tertiary/aromatic N) is 2. The predicted octanol–water partition coefficient (Wildman–Crippen LogP) is 1.94. The second-order valence-corrected chi connectivity index (χ2v) is 8.50. The highest BCUT2D eigenvalue weighted by molar-refractivity contribution is 7.99. The van der Waals surface area contributed by atoms with Gasteiger partial charge in [0.15, 0.2) is 5.96 Å². The van der Waals surface area contributed by atoms with E-state index in [1.165, 1.54) is 50.3 Å². The molecule has 0 atom stereocenters. The van der Waals surface area contributed by atoms with Crippen LogP contribution >= 0.6 is 11.8 Å². The Morgan fingerprint density at radius 3 is 2.43 bits per heavy atom. The van der Waals surface area contributed by atoms with E-state index >= 15 is 0 Å². The molecule has 1 saturated carbocycles. The number of rotatable bonds is 6. The second-order valence-electron chi connectivity index (χ2n) is 7.27. The van der Waals surface area contributed by atoms with Crippen LogP contribution in [0.2, 0.25) is 0 Å². The number of hydrogen-bond donors (Lipinski definition) is 2. The van der Waals surface area contributed by atoms with Crippen molar-refractivity contribution in [2.24, 2.45) is 4.99 Å². The molecule has 0 radical (unpaired) electrons. The molecule has 0 aromatic heterocycles. The van der Waals surface area contributed by atoms with Gasteiger partial charge in [0.1, 0.15) is 0 Å². The minimum atomic E-state index is -0.188. The third-order valence-electron chi connectivity index (χ3n) is 5.26. The van der Waals surface area contributed by atoms with Crippen LogP contribution in [0.5, 0.6) is 0 Å². The van der Waals surface area contributed by atoms with E-state index < -0.39 is 0 Å². The molecule has 0 spiro atoms. The van der Waals surface area contributed by atoms with Crippen LogP contribution in [0.4, 0.5) is 0 Å². The Bertz CT molecular complexity index is 388. The summed E-state index contributed by atoms with van der Waals surface area (Å²) in [5.41, 5.74) is 0.141. The Kier molecular flexibility index (Phi) is 7.04. The SMILES string of the molecule is CN=C(NCC(C)(C)OC)NCC1(N2CCSCC2)CCCC1. The zero-order valence-corrected chi connectivity index (χ0v) is 16.1. The maximum absolute atomic E-state index is 5.47. The summed E-state index contributed by atoms with van der Waals surface area (Å²) < 4.78 is 5.47. The maximum atomic E-state index is 5.47. The highest BCUT2D eigenvalue weighted by atomic mass is 32.2. The van der Waals surface area contributed by atoms with Gasteiger partial charge in [0.25, 0.3) is 0 Å². The fourth-order valence-electron chi connectivity index (χ4n) is 3.51. The second kappa shape index (κ2) is 8.58. The molecule has 5 nitrogen and oxygen atoms in total. The van der Waals surface area contributed by atoms with Crippen LogP contribution in [-0.2, 0) is 4.74 Å². The van der Waals surface area contributed by atoms with Gasteiger partial charge in [0, 0.05) is 57.4 Å². The molecule has 1 aliphatic carbocycles. The van der Waals surface area contributed by atoms with Gasteiger partial charge in [0.05, 0.1) is 5.60 Å². The predicted molar refractivity (Wildman–Crippen MR) is 101 cm³/mol. The van der Waals surface area contributed by atoms with Crippen molar-refractivity contribution in [3.05, 3.63) is 0 Å². The van der Waals surface area contributed by atoms with Crippen LogP contribution in [0, 0.1) is 0 Å². The zero-order chi connectivity index (χ0) is 16.8. The van der Waals surface area contributed by atoms with Gasteiger partial charge in [-0.2, -0.15) is 11.8 Å². The van der Waals surface area contributed by atoms with Crippen LogP contribution in [0.15, 0.2) is 4.99 Å². The zero-order valence-electron chi connectivity index (χ0n) is 15.3. The van der Waals surface area contributed by atoms with Crippen molar-refractivity contribution in [1.82, 2.24) is 15.5 Å². The molecule has 1 aliphatic heterocycles. The first-order valence-corrected chi connectivity index (χ1v) is 9.99. The van der Waals surface area contributed by atoms with E-state index in [0.29, 0.717) is 5.54 Å². The Morgan fingerprint density at radius 2 is 1.87 bits per heavy atom. The number of guanidine groups is 1. The average molecular weight is 343 g/mol. The fourth-order valence-corrected chi connectivity index (χ4v) is 4.42. The van der Waals surface area contributed by atoms with Crippen molar-refractivity contribution in [3.63, 3.8) is 0 Å². The molecule has 2 fully saturated rings. The first-order chi connectivity index (χ1) is 11.0. The molecular weight excluding hydrogens is 308 g/mol. The van der Waals surface area contributed by atoms with Gasteiger partial charge in [-0.1, -0.05) is 12.8 Å². The minimum Gasteiger partial charge on any atom is -0.377 e. The normalized spacial score (nSPS) is 23.0. The summed E-state index contributed by atoms with van der Waals surface area (Å²) in [7, 11) is 3.59. The molecule has 134 valence electrons. The standard InChI is InChI=1S/C17H34N4OS/c1-16(2,22-4)13-19-15(18-3)20-14-17(7-5-6-8-17)21-9-11-23-12-10-21/h5-14H2,1-4H3,(H2,18,19,20). The number of methoxy groups -OCH3 is 1. The summed E-state index contributed by atoms with van der Waals surface area (Å²) in [6.07, 6.45) is 5.33. The molecule has 23 heavy (non-hydrogen) atoms. The fraction of sp³-hybridized carbons (Fsp3) is 0.941. The van der Waals surface area contributed by atoms with Crippen LogP contribution in [0.1, 0.15) is 39.5 Å². The largest absolute Gasteiger partial charge is 0.377 e. The van der Waals surface area contributed by atoms with E-state index in [1.54, 1.807) is 7.11 Å². The third-order valence-corrected chi connectivity index (χ3v) is 6.20. The summed E-state index contributed by atoms with van der Waals surface area (Å²) >= 11 is 2.09. The summed E-state index contributed by atoms with van der Waals surface area (Å²) in [4.78, 5) is 7.11. The Morgan fingerprint density at radius 1 is 1.22 bits per heavy atom. The molecule has 0 aromatic carbocycles. The smallest absolute Gasteiger partial charge is 0.191 e. The van der Waals surface area contributed by atoms with E-state index in [4.69, 9.17) is 4.74 Å². The van der Waals surface area contributed by atoms with Crippen LogP contribution in [-0.4, -0.2) is 73.8 Å². The van der Waals surface area contributed by atoms with Crippen molar-refractivity contribution >= 4 is 17.7 Å². The molecule has 1 heterocycles. The Labute approximate surface area is 146 Å². The van der Waals surface area contributed by atoms with Crippen LogP contribution < -0.4 is 10.6 Å². The molecule has 0 aromatic rings. The van der Waals surface area contributed by atoms with Gasteiger partial charge in [0.2, 0.25) is 0 Å². The quantitative estimate of drug-likeness (QED) is 0.571. The van der Waals surface area contributed by atoms with Gasteiger partial charge in [-0.05, 0) is 26.7 Å². The molecular formula is C17H34N4OS. The number of hydrogen-bond acceptors (Lipinski definition) is 4. The highest BCUT2D eigenvalue weighted by Crippen LogP contribution is 2.36. The van der Waals surface area contributed by atoms with E-state index in [9.17, 15) is 0 Å². The van der Waals surface area contributed by atoms with Crippen molar-refractivity contribution in [1.29, 1.82) is 0 Å². The minimum absolute atomic E-state index is 0.188. The lowest BCUT2D eigenvalue weighted by atomic mass is 9.94. The summed E-state index contributed by atoms with van der Waals surface area (Å²) in [5.74, 6) is 3.43.